The molecule has 1 aliphatic heterocycles. The zero-order valence-electron chi connectivity index (χ0n) is 17.2. The molecule has 1 fully saturated rings. The summed E-state index contributed by atoms with van der Waals surface area (Å²) < 4.78 is 7.85. The van der Waals surface area contributed by atoms with Gasteiger partial charge in [-0.05, 0) is 37.8 Å². The molecule has 1 aromatic carbocycles. The number of morpholine rings is 1. The first kappa shape index (κ1) is 23.0. The van der Waals surface area contributed by atoms with Gasteiger partial charge in [0.05, 0.1) is 13.2 Å². The van der Waals surface area contributed by atoms with Crippen molar-refractivity contribution >= 4 is 40.8 Å². The molecule has 0 bridgehead atoms. The van der Waals surface area contributed by atoms with E-state index in [0.29, 0.717) is 12.1 Å². The summed E-state index contributed by atoms with van der Waals surface area (Å²) in [5.74, 6) is 0.875. The number of nitrogens with zero attached hydrogens (tertiary/aromatic N) is 3. The Balaban J connectivity index is 0.00000280. The van der Waals surface area contributed by atoms with Crippen LogP contribution in [0.4, 0.5) is 0 Å². The predicted octanol–water partition coefficient (Wildman–Crippen LogP) is 2.92. The summed E-state index contributed by atoms with van der Waals surface area (Å²) in [7, 11) is 1.83. The van der Waals surface area contributed by atoms with E-state index in [1.54, 1.807) is 0 Å². The number of ether oxygens (including phenoxy) is 1. The molecular weight excluding hydrogens is 465 g/mol. The van der Waals surface area contributed by atoms with Crippen LogP contribution in [0.25, 0.3) is 10.9 Å². The van der Waals surface area contributed by atoms with E-state index in [2.05, 4.69) is 75.5 Å². The van der Waals surface area contributed by atoms with Gasteiger partial charge < -0.3 is 19.9 Å². The van der Waals surface area contributed by atoms with Crippen molar-refractivity contribution in [1.82, 2.24) is 20.1 Å². The molecule has 2 atom stereocenters. The van der Waals surface area contributed by atoms with Crippen molar-refractivity contribution in [3.63, 3.8) is 0 Å². The van der Waals surface area contributed by atoms with Crippen molar-refractivity contribution in [2.45, 2.75) is 38.9 Å². The van der Waals surface area contributed by atoms with Gasteiger partial charge in [0, 0.05) is 57.0 Å². The zero-order valence-corrected chi connectivity index (χ0v) is 19.6. The second kappa shape index (κ2) is 11.6. The van der Waals surface area contributed by atoms with Gasteiger partial charge >= 0.3 is 0 Å². The van der Waals surface area contributed by atoms with Gasteiger partial charge in [-0.2, -0.15) is 0 Å². The molecule has 2 aromatic rings. The highest BCUT2D eigenvalue weighted by molar-refractivity contribution is 14.0. The van der Waals surface area contributed by atoms with Gasteiger partial charge in [-0.1, -0.05) is 18.2 Å². The fraction of sp³-hybridized carbons (Fsp3) is 0.571. The minimum absolute atomic E-state index is 0. The topological polar surface area (TPSA) is 53.8 Å². The molecule has 1 aliphatic rings. The minimum Gasteiger partial charge on any atom is -0.379 e. The molecule has 2 N–H and O–H groups in total. The van der Waals surface area contributed by atoms with Crippen molar-refractivity contribution in [2.24, 2.45) is 4.99 Å². The van der Waals surface area contributed by atoms with E-state index >= 15 is 0 Å². The maximum absolute atomic E-state index is 5.53. The number of aryl methyl sites for hydroxylation is 1. The van der Waals surface area contributed by atoms with Crippen LogP contribution >= 0.6 is 24.0 Å². The summed E-state index contributed by atoms with van der Waals surface area (Å²) in [6.45, 7) is 9.93. The molecular formula is C21H34IN5O. The molecule has 2 heterocycles. The Labute approximate surface area is 185 Å². The van der Waals surface area contributed by atoms with Gasteiger partial charge in [0.2, 0.25) is 0 Å². The van der Waals surface area contributed by atoms with Crippen LogP contribution < -0.4 is 10.6 Å². The molecule has 0 spiro atoms. The molecule has 3 rings (SSSR count). The largest absolute Gasteiger partial charge is 0.379 e. The highest BCUT2D eigenvalue weighted by Gasteiger charge is 2.23. The van der Waals surface area contributed by atoms with Crippen molar-refractivity contribution in [2.75, 3.05) is 39.9 Å². The molecule has 0 aliphatic carbocycles. The Kier molecular flexibility index (Phi) is 9.53. The van der Waals surface area contributed by atoms with Crippen LogP contribution in [-0.2, 0) is 11.3 Å². The van der Waals surface area contributed by atoms with Crippen molar-refractivity contribution in [3.05, 3.63) is 36.5 Å². The van der Waals surface area contributed by atoms with E-state index in [1.165, 1.54) is 10.9 Å². The number of aromatic nitrogens is 1. The van der Waals surface area contributed by atoms with Crippen LogP contribution in [-0.4, -0.2) is 67.4 Å². The van der Waals surface area contributed by atoms with E-state index in [4.69, 9.17) is 4.74 Å². The van der Waals surface area contributed by atoms with Gasteiger partial charge in [0.25, 0.3) is 0 Å². The first-order chi connectivity index (χ1) is 13.2. The average Bonchev–Trinajstić information content (AvgIpc) is 3.11. The maximum atomic E-state index is 5.53. The Morgan fingerprint density at radius 3 is 2.89 bits per heavy atom. The first-order valence-electron chi connectivity index (χ1n) is 10.0. The SMILES string of the molecule is CN=C(NCCCn1ccc2ccccc21)NCC(C)N1CCOCC1C.I. The number of para-hydroxylation sites is 1. The van der Waals surface area contributed by atoms with E-state index in [-0.39, 0.29) is 24.0 Å². The van der Waals surface area contributed by atoms with Gasteiger partial charge in [-0.25, -0.2) is 0 Å². The van der Waals surface area contributed by atoms with E-state index in [1.807, 2.05) is 7.05 Å². The summed E-state index contributed by atoms with van der Waals surface area (Å²) >= 11 is 0. The average molecular weight is 499 g/mol. The number of guanidine groups is 1. The number of halogens is 1. The highest BCUT2D eigenvalue weighted by Crippen LogP contribution is 2.15. The third kappa shape index (κ3) is 6.09. The number of rotatable bonds is 7. The Morgan fingerprint density at radius 2 is 2.11 bits per heavy atom. The molecule has 28 heavy (non-hydrogen) atoms. The summed E-state index contributed by atoms with van der Waals surface area (Å²) in [6, 6.07) is 11.6. The molecule has 1 saturated heterocycles. The van der Waals surface area contributed by atoms with Crippen LogP contribution in [0, 0.1) is 0 Å². The predicted molar refractivity (Wildman–Crippen MR) is 128 cm³/mol. The quantitative estimate of drug-likeness (QED) is 0.266. The molecule has 0 saturated carbocycles. The number of nitrogens with one attached hydrogen (secondary N) is 2. The normalized spacial score (nSPS) is 19.2. The zero-order chi connectivity index (χ0) is 19.1. The third-order valence-electron chi connectivity index (χ3n) is 5.32. The Hall–Kier alpha value is -1.32. The van der Waals surface area contributed by atoms with Gasteiger partial charge in [0.15, 0.2) is 5.96 Å². The van der Waals surface area contributed by atoms with Gasteiger partial charge in [-0.3, -0.25) is 9.89 Å². The number of fused-ring (bicyclic) bond motifs is 1. The van der Waals surface area contributed by atoms with Gasteiger partial charge in [0.1, 0.15) is 0 Å². The number of hydrogen-bond acceptors (Lipinski definition) is 3. The van der Waals surface area contributed by atoms with Crippen LogP contribution in [0.2, 0.25) is 0 Å². The second-order valence-corrected chi connectivity index (χ2v) is 7.31. The molecule has 6 nitrogen and oxygen atoms in total. The number of aliphatic imine (C=N–C) groups is 1. The summed E-state index contributed by atoms with van der Waals surface area (Å²) in [4.78, 5) is 6.85. The Bertz CT molecular complexity index is 747. The smallest absolute Gasteiger partial charge is 0.191 e. The third-order valence-corrected chi connectivity index (χ3v) is 5.32. The van der Waals surface area contributed by atoms with Crippen LogP contribution in [0.3, 0.4) is 0 Å². The second-order valence-electron chi connectivity index (χ2n) is 7.31. The lowest BCUT2D eigenvalue weighted by Crippen LogP contribution is -2.53. The molecule has 0 amide bonds. The molecule has 0 radical (unpaired) electrons. The number of benzene rings is 1. The molecule has 1 aromatic heterocycles. The van der Waals surface area contributed by atoms with E-state index in [9.17, 15) is 0 Å². The maximum Gasteiger partial charge on any atom is 0.191 e. The molecule has 2 unspecified atom stereocenters. The monoisotopic (exact) mass is 499 g/mol. The highest BCUT2D eigenvalue weighted by atomic mass is 127. The van der Waals surface area contributed by atoms with Crippen molar-refractivity contribution in [3.8, 4) is 0 Å². The van der Waals surface area contributed by atoms with E-state index in [0.717, 1.165) is 51.8 Å². The molecule has 156 valence electrons. The first-order valence-corrected chi connectivity index (χ1v) is 10.0. The summed E-state index contributed by atoms with van der Waals surface area (Å²) in [5.41, 5.74) is 1.30. The summed E-state index contributed by atoms with van der Waals surface area (Å²) in [6.07, 6.45) is 3.22. The van der Waals surface area contributed by atoms with Gasteiger partial charge in [-0.15, -0.1) is 24.0 Å². The fourth-order valence-electron chi connectivity index (χ4n) is 3.77. The van der Waals surface area contributed by atoms with E-state index < -0.39 is 0 Å². The Morgan fingerprint density at radius 1 is 1.29 bits per heavy atom. The van der Waals surface area contributed by atoms with Crippen LogP contribution in [0.5, 0.6) is 0 Å². The lowest BCUT2D eigenvalue weighted by Gasteiger charge is -2.38. The molecule has 7 heteroatoms. The van der Waals surface area contributed by atoms with Crippen LogP contribution in [0.15, 0.2) is 41.5 Å². The van der Waals surface area contributed by atoms with Crippen molar-refractivity contribution < 1.29 is 4.74 Å². The number of hydrogen-bond donors (Lipinski definition) is 2. The van der Waals surface area contributed by atoms with Crippen LogP contribution in [0.1, 0.15) is 20.3 Å². The van der Waals surface area contributed by atoms with Crippen molar-refractivity contribution in [1.29, 1.82) is 0 Å². The summed E-state index contributed by atoms with van der Waals surface area (Å²) in [5, 5.41) is 8.19. The fourth-order valence-corrected chi connectivity index (χ4v) is 3.77. The lowest BCUT2D eigenvalue weighted by molar-refractivity contribution is -0.0174. The minimum atomic E-state index is 0. The lowest BCUT2D eigenvalue weighted by atomic mass is 10.2. The standard InChI is InChI=1S/C21H33N5O.HI/c1-17(26-13-14-27-16-18(26)2)15-24-21(22-3)23-10-6-11-25-12-9-19-7-4-5-8-20(19)25;/h4-5,7-9,12,17-18H,6,10-11,13-16H2,1-3H3,(H2,22,23,24);1H.